The van der Waals surface area contributed by atoms with E-state index in [1.54, 1.807) is 24.3 Å². The van der Waals surface area contributed by atoms with Crippen LogP contribution in [0.2, 0.25) is 0 Å². The summed E-state index contributed by atoms with van der Waals surface area (Å²) in [5, 5.41) is 2.67. The van der Waals surface area contributed by atoms with Gasteiger partial charge in [-0.2, -0.15) is 13.2 Å². The molecule has 10 heteroatoms. The highest BCUT2D eigenvalue weighted by atomic mass is 32.2. The van der Waals surface area contributed by atoms with E-state index in [0.29, 0.717) is 22.4 Å². The van der Waals surface area contributed by atoms with Crippen molar-refractivity contribution in [1.29, 1.82) is 0 Å². The first-order chi connectivity index (χ1) is 14.1. The lowest BCUT2D eigenvalue weighted by atomic mass is 10.1. The van der Waals surface area contributed by atoms with E-state index in [1.807, 2.05) is 0 Å². The zero-order valence-corrected chi connectivity index (χ0v) is 16.7. The van der Waals surface area contributed by atoms with Crippen molar-refractivity contribution >= 4 is 21.6 Å². The van der Waals surface area contributed by atoms with Crippen molar-refractivity contribution in [2.24, 2.45) is 0 Å². The van der Waals surface area contributed by atoms with Gasteiger partial charge in [0.2, 0.25) is 10.0 Å². The van der Waals surface area contributed by atoms with Gasteiger partial charge in [-0.1, -0.05) is 30.3 Å². The largest absolute Gasteiger partial charge is 0.411 e. The van der Waals surface area contributed by atoms with Gasteiger partial charge in [-0.05, 0) is 35.4 Å². The average Bonchev–Trinajstić information content (AvgIpc) is 2.67. The molecule has 0 radical (unpaired) electrons. The van der Waals surface area contributed by atoms with E-state index in [9.17, 15) is 26.4 Å². The van der Waals surface area contributed by atoms with Gasteiger partial charge in [0.05, 0.1) is 12.4 Å². The highest BCUT2D eigenvalue weighted by Crippen LogP contribution is 2.17. The summed E-state index contributed by atoms with van der Waals surface area (Å²) < 4.78 is 66.9. The molecule has 2 aromatic rings. The number of alkyl halides is 3. The number of hydrogen-bond donors (Lipinski definition) is 2. The fourth-order valence-electron chi connectivity index (χ4n) is 2.38. The Balaban J connectivity index is 1.90. The Morgan fingerprint density at radius 1 is 1.03 bits per heavy atom. The van der Waals surface area contributed by atoms with E-state index in [1.165, 1.54) is 30.3 Å². The molecule has 0 atom stereocenters. The molecule has 0 heterocycles. The van der Waals surface area contributed by atoms with E-state index in [-0.39, 0.29) is 18.9 Å². The van der Waals surface area contributed by atoms with Crippen molar-refractivity contribution in [2.45, 2.75) is 18.5 Å². The molecule has 30 heavy (non-hydrogen) atoms. The van der Waals surface area contributed by atoms with Crippen LogP contribution in [0.25, 0.3) is 0 Å². The normalized spacial score (nSPS) is 11.8. The van der Waals surface area contributed by atoms with Gasteiger partial charge in [0.15, 0.2) is 0 Å². The van der Waals surface area contributed by atoms with Gasteiger partial charge in [-0.3, -0.25) is 4.79 Å². The second kappa shape index (κ2) is 10.4. The Kier molecular flexibility index (Phi) is 8.16. The molecule has 0 fully saturated rings. The van der Waals surface area contributed by atoms with Gasteiger partial charge in [0.25, 0.3) is 5.91 Å². The van der Waals surface area contributed by atoms with Crippen LogP contribution in [0.5, 0.6) is 0 Å². The van der Waals surface area contributed by atoms with E-state index in [4.69, 9.17) is 0 Å². The Labute approximate surface area is 172 Å². The number of anilines is 1. The zero-order chi connectivity index (χ0) is 22.2. The number of rotatable bonds is 10. The Morgan fingerprint density at radius 3 is 2.20 bits per heavy atom. The molecule has 0 aliphatic heterocycles. The van der Waals surface area contributed by atoms with Gasteiger partial charge < -0.3 is 10.1 Å². The topological polar surface area (TPSA) is 84.5 Å². The number of hydrogen-bond acceptors (Lipinski definition) is 4. The quantitative estimate of drug-likeness (QED) is 0.551. The molecular formula is C20H21F3N2O4S. The molecule has 0 aliphatic carbocycles. The van der Waals surface area contributed by atoms with Crippen LogP contribution in [0, 0.1) is 0 Å². The molecule has 0 bridgehead atoms. The van der Waals surface area contributed by atoms with Crippen molar-refractivity contribution in [3.8, 4) is 0 Å². The van der Waals surface area contributed by atoms with Crippen LogP contribution in [0.1, 0.15) is 21.5 Å². The number of nitrogens with one attached hydrogen (secondary N) is 2. The second-order valence-electron chi connectivity index (χ2n) is 6.35. The van der Waals surface area contributed by atoms with Crippen LogP contribution in [-0.4, -0.2) is 33.7 Å². The van der Waals surface area contributed by atoms with E-state index in [2.05, 4.69) is 21.4 Å². The first kappa shape index (κ1) is 23.6. The van der Waals surface area contributed by atoms with Gasteiger partial charge in [0, 0.05) is 17.8 Å². The maximum atomic E-state index is 12.3. The maximum absolute atomic E-state index is 12.3. The van der Waals surface area contributed by atoms with Crippen molar-refractivity contribution in [3.63, 3.8) is 0 Å². The van der Waals surface area contributed by atoms with Crippen molar-refractivity contribution < 1.29 is 31.1 Å². The van der Waals surface area contributed by atoms with Gasteiger partial charge >= 0.3 is 6.18 Å². The first-order valence-corrected chi connectivity index (χ1v) is 10.5. The Morgan fingerprint density at radius 2 is 1.63 bits per heavy atom. The standard InChI is InChI=1S/C20H21F3N2O4S/c1-2-11-24-30(27,28)13-16-5-9-18(10-6-16)25-19(26)17-7-3-15(4-8-17)12-29-14-20(21,22)23/h2-10,24H,1,11-14H2,(H,25,26). The lowest BCUT2D eigenvalue weighted by Gasteiger charge is -2.09. The number of ether oxygens (including phenoxy) is 1. The number of sulfonamides is 1. The summed E-state index contributed by atoms with van der Waals surface area (Å²) in [6.45, 7) is 2.04. The van der Waals surface area contributed by atoms with Crippen LogP contribution in [0.4, 0.5) is 18.9 Å². The molecule has 162 valence electrons. The average molecular weight is 442 g/mol. The minimum Gasteiger partial charge on any atom is -0.367 e. The number of carbonyl (C=O) groups excluding carboxylic acids is 1. The molecule has 0 aliphatic rings. The van der Waals surface area contributed by atoms with Crippen LogP contribution in [0.3, 0.4) is 0 Å². The molecule has 0 saturated heterocycles. The zero-order valence-electron chi connectivity index (χ0n) is 15.9. The molecule has 2 N–H and O–H groups in total. The van der Waals surface area contributed by atoms with Gasteiger partial charge in [-0.25, -0.2) is 13.1 Å². The smallest absolute Gasteiger partial charge is 0.367 e. The summed E-state index contributed by atoms with van der Waals surface area (Å²) in [5.74, 6) is -0.613. The van der Waals surface area contributed by atoms with Crippen LogP contribution in [-0.2, 0) is 27.1 Å². The van der Waals surface area contributed by atoms with Crippen molar-refractivity contribution in [3.05, 3.63) is 77.9 Å². The predicted octanol–water partition coefficient (Wildman–Crippen LogP) is 3.62. The van der Waals surface area contributed by atoms with Gasteiger partial charge in [0.1, 0.15) is 6.61 Å². The third-order valence-corrected chi connectivity index (χ3v) is 5.09. The van der Waals surface area contributed by atoms with E-state index < -0.39 is 28.7 Å². The number of carbonyl (C=O) groups is 1. The predicted molar refractivity (Wildman–Crippen MR) is 107 cm³/mol. The lowest BCUT2D eigenvalue weighted by molar-refractivity contribution is -0.176. The summed E-state index contributed by atoms with van der Waals surface area (Å²) in [6, 6.07) is 12.3. The highest BCUT2D eigenvalue weighted by Gasteiger charge is 2.27. The van der Waals surface area contributed by atoms with Crippen LogP contribution >= 0.6 is 0 Å². The third-order valence-electron chi connectivity index (χ3n) is 3.77. The number of amides is 1. The SMILES string of the molecule is C=CCNS(=O)(=O)Cc1ccc(NC(=O)c2ccc(COCC(F)(F)F)cc2)cc1. The molecule has 2 aromatic carbocycles. The summed E-state index contributed by atoms with van der Waals surface area (Å²) in [7, 11) is -3.48. The first-order valence-electron chi connectivity index (χ1n) is 8.80. The summed E-state index contributed by atoms with van der Waals surface area (Å²) in [4.78, 5) is 12.3. The molecule has 0 spiro atoms. The maximum Gasteiger partial charge on any atom is 0.411 e. The molecular weight excluding hydrogens is 421 g/mol. The fraction of sp³-hybridized carbons (Fsp3) is 0.250. The van der Waals surface area contributed by atoms with E-state index >= 15 is 0 Å². The molecule has 0 unspecified atom stereocenters. The van der Waals surface area contributed by atoms with Gasteiger partial charge in [-0.15, -0.1) is 6.58 Å². The number of benzene rings is 2. The van der Waals surface area contributed by atoms with Crippen molar-refractivity contribution in [2.75, 3.05) is 18.5 Å². The molecule has 6 nitrogen and oxygen atoms in total. The molecule has 0 saturated carbocycles. The Bertz CT molecular complexity index is 957. The van der Waals surface area contributed by atoms with Crippen molar-refractivity contribution in [1.82, 2.24) is 4.72 Å². The summed E-state index contributed by atoms with van der Waals surface area (Å²) >= 11 is 0. The van der Waals surface area contributed by atoms with Crippen LogP contribution < -0.4 is 10.0 Å². The minimum atomic E-state index is -4.39. The summed E-state index contributed by atoms with van der Waals surface area (Å²) in [5.41, 5.74) is 1.84. The molecule has 2 rings (SSSR count). The Hall–Kier alpha value is -2.69. The van der Waals surface area contributed by atoms with E-state index in [0.717, 1.165) is 0 Å². The highest BCUT2D eigenvalue weighted by molar-refractivity contribution is 7.88. The fourth-order valence-corrected chi connectivity index (χ4v) is 3.49. The molecule has 0 aromatic heterocycles. The molecule has 1 amide bonds. The minimum absolute atomic E-state index is 0.143. The summed E-state index contributed by atoms with van der Waals surface area (Å²) in [6.07, 6.45) is -2.94. The monoisotopic (exact) mass is 442 g/mol. The second-order valence-corrected chi connectivity index (χ2v) is 8.16. The lowest BCUT2D eigenvalue weighted by Crippen LogP contribution is -2.25. The number of halogens is 3. The third kappa shape index (κ3) is 8.36. The van der Waals surface area contributed by atoms with Crippen LogP contribution in [0.15, 0.2) is 61.2 Å².